The van der Waals surface area contributed by atoms with Gasteiger partial charge in [-0.2, -0.15) is 0 Å². The molecule has 0 saturated carbocycles. The largest absolute Gasteiger partial charge is 0.478 e. The van der Waals surface area contributed by atoms with Crippen molar-refractivity contribution >= 4 is 33.0 Å². The zero-order valence-electron chi connectivity index (χ0n) is 10.9. The molecule has 20 heavy (non-hydrogen) atoms. The van der Waals surface area contributed by atoms with Crippen LogP contribution in [-0.4, -0.2) is 19.5 Å². The summed E-state index contributed by atoms with van der Waals surface area (Å²) in [6.07, 6.45) is 0. The molecule has 0 radical (unpaired) electrons. The number of carbonyl (C=O) groups is 1. The Bertz CT molecular complexity index is 762. The van der Waals surface area contributed by atoms with Crippen LogP contribution in [0.2, 0.25) is 0 Å². The van der Waals surface area contributed by atoms with Gasteiger partial charge in [-0.25, -0.2) is 13.2 Å². The predicted molar refractivity (Wildman–Crippen MR) is 78.0 cm³/mol. The minimum absolute atomic E-state index is 0.0203. The Kier molecular flexibility index (Phi) is 3.82. The number of nitrogens with one attached hydrogen (secondary N) is 1. The van der Waals surface area contributed by atoms with Gasteiger partial charge in [-0.15, -0.1) is 11.3 Å². The number of rotatable bonds is 4. The van der Waals surface area contributed by atoms with Gasteiger partial charge in [-0.05, 0) is 43.2 Å². The number of carboxylic acid groups (broad SMARTS) is 1. The third-order valence-corrected chi connectivity index (χ3v) is 5.67. The van der Waals surface area contributed by atoms with Crippen LogP contribution < -0.4 is 4.72 Å². The first-order valence-corrected chi connectivity index (χ1v) is 8.08. The molecule has 2 aromatic rings. The summed E-state index contributed by atoms with van der Waals surface area (Å²) in [4.78, 5) is 10.8. The minimum atomic E-state index is -3.75. The Morgan fingerprint density at radius 1 is 1.20 bits per heavy atom. The topological polar surface area (TPSA) is 83.5 Å². The highest BCUT2D eigenvalue weighted by molar-refractivity contribution is 7.94. The maximum absolute atomic E-state index is 12.1. The van der Waals surface area contributed by atoms with E-state index in [0.29, 0.717) is 5.69 Å². The van der Waals surface area contributed by atoms with Crippen molar-refractivity contribution in [1.29, 1.82) is 0 Å². The first kappa shape index (κ1) is 14.5. The van der Waals surface area contributed by atoms with Crippen molar-refractivity contribution in [3.63, 3.8) is 0 Å². The smallest absolute Gasteiger partial charge is 0.336 e. The van der Waals surface area contributed by atoms with E-state index in [-0.39, 0.29) is 9.77 Å². The van der Waals surface area contributed by atoms with Gasteiger partial charge in [0.25, 0.3) is 10.0 Å². The van der Waals surface area contributed by atoms with Gasteiger partial charge >= 0.3 is 5.97 Å². The molecule has 0 bridgehead atoms. The Balaban J connectivity index is 2.30. The lowest BCUT2D eigenvalue weighted by atomic mass is 10.1. The second-order valence-electron chi connectivity index (χ2n) is 4.36. The summed E-state index contributed by atoms with van der Waals surface area (Å²) in [5.41, 5.74) is 2.47. The SMILES string of the molecule is Cc1ccc(NS(=O)(=O)c2cc(C(=O)O)cs2)cc1C. The fourth-order valence-corrected chi connectivity index (χ4v) is 3.78. The molecule has 0 fully saturated rings. The molecule has 7 heteroatoms. The van der Waals surface area contributed by atoms with Crippen molar-refractivity contribution in [2.75, 3.05) is 4.72 Å². The number of aryl methyl sites for hydroxylation is 2. The Hall–Kier alpha value is -1.86. The van der Waals surface area contributed by atoms with Crippen LogP contribution in [0.15, 0.2) is 33.9 Å². The Labute approximate surface area is 120 Å². The molecule has 0 unspecified atom stereocenters. The average Bonchev–Trinajstić information content (AvgIpc) is 2.84. The summed E-state index contributed by atoms with van der Waals surface area (Å²) in [6, 6.07) is 6.38. The molecule has 0 spiro atoms. The molecule has 106 valence electrons. The molecule has 2 rings (SSSR count). The van der Waals surface area contributed by atoms with Crippen LogP contribution in [-0.2, 0) is 10.0 Å². The lowest BCUT2D eigenvalue weighted by molar-refractivity contribution is 0.0697. The fraction of sp³-hybridized carbons (Fsp3) is 0.154. The zero-order valence-corrected chi connectivity index (χ0v) is 12.5. The molecular weight excluding hydrogens is 298 g/mol. The van der Waals surface area contributed by atoms with E-state index in [0.717, 1.165) is 28.5 Å². The summed E-state index contributed by atoms with van der Waals surface area (Å²) < 4.78 is 26.7. The highest BCUT2D eigenvalue weighted by Crippen LogP contribution is 2.24. The molecule has 0 atom stereocenters. The molecule has 0 saturated heterocycles. The number of benzene rings is 1. The van der Waals surface area contributed by atoms with E-state index in [1.807, 2.05) is 19.9 Å². The highest BCUT2D eigenvalue weighted by atomic mass is 32.2. The van der Waals surface area contributed by atoms with Crippen molar-refractivity contribution in [1.82, 2.24) is 0 Å². The van der Waals surface area contributed by atoms with Gasteiger partial charge < -0.3 is 5.11 Å². The number of aromatic carboxylic acids is 1. The number of hydrogen-bond donors (Lipinski definition) is 2. The summed E-state index contributed by atoms with van der Waals surface area (Å²) >= 11 is 0.880. The lowest BCUT2D eigenvalue weighted by Gasteiger charge is -2.08. The first-order chi connectivity index (χ1) is 9.29. The van der Waals surface area contributed by atoms with Crippen molar-refractivity contribution in [3.8, 4) is 0 Å². The third-order valence-electron chi connectivity index (χ3n) is 2.85. The zero-order chi connectivity index (χ0) is 14.9. The molecular formula is C13H13NO4S2. The van der Waals surface area contributed by atoms with Gasteiger partial charge in [0.1, 0.15) is 4.21 Å². The van der Waals surface area contributed by atoms with Gasteiger partial charge in [0, 0.05) is 11.1 Å². The van der Waals surface area contributed by atoms with Crippen LogP contribution in [0.25, 0.3) is 0 Å². The molecule has 0 aliphatic heterocycles. The maximum atomic E-state index is 12.1. The monoisotopic (exact) mass is 311 g/mol. The average molecular weight is 311 g/mol. The van der Waals surface area contributed by atoms with Gasteiger partial charge in [-0.3, -0.25) is 4.72 Å². The minimum Gasteiger partial charge on any atom is -0.478 e. The Morgan fingerprint density at radius 2 is 1.90 bits per heavy atom. The third kappa shape index (κ3) is 3.00. The molecule has 1 heterocycles. The summed E-state index contributed by atoms with van der Waals surface area (Å²) in [5, 5.41) is 10.1. The lowest BCUT2D eigenvalue weighted by Crippen LogP contribution is -2.11. The highest BCUT2D eigenvalue weighted by Gasteiger charge is 2.19. The molecule has 0 aliphatic rings. The van der Waals surface area contributed by atoms with Gasteiger partial charge in [-0.1, -0.05) is 6.07 Å². The van der Waals surface area contributed by atoms with Crippen LogP contribution in [0.3, 0.4) is 0 Å². The second-order valence-corrected chi connectivity index (χ2v) is 7.18. The summed E-state index contributed by atoms with van der Waals surface area (Å²) in [7, 11) is -3.75. The van der Waals surface area contributed by atoms with Crippen LogP contribution in [0.4, 0.5) is 5.69 Å². The number of sulfonamides is 1. The molecule has 1 aromatic heterocycles. The van der Waals surface area contributed by atoms with Gasteiger partial charge in [0.2, 0.25) is 0 Å². The quantitative estimate of drug-likeness (QED) is 0.909. The van der Waals surface area contributed by atoms with E-state index in [2.05, 4.69) is 4.72 Å². The van der Waals surface area contributed by atoms with E-state index in [9.17, 15) is 13.2 Å². The van der Waals surface area contributed by atoms with E-state index >= 15 is 0 Å². The van der Waals surface area contributed by atoms with E-state index in [1.165, 1.54) is 5.38 Å². The van der Waals surface area contributed by atoms with Crippen LogP contribution in [0, 0.1) is 13.8 Å². The summed E-state index contributed by atoms with van der Waals surface area (Å²) in [6.45, 7) is 3.83. The van der Waals surface area contributed by atoms with Crippen molar-refractivity contribution < 1.29 is 18.3 Å². The van der Waals surface area contributed by atoms with Crippen molar-refractivity contribution in [2.45, 2.75) is 18.1 Å². The number of carboxylic acids is 1. The standard InChI is InChI=1S/C13H13NO4S2/c1-8-3-4-11(5-9(8)2)14-20(17,18)12-6-10(7-19-12)13(15)16/h3-7,14H,1-2H3,(H,15,16). The van der Waals surface area contributed by atoms with E-state index in [4.69, 9.17) is 5.11 Å². The fourth-order valence-electron chi connectivity index (χ4n) is 1.58. The van der Waals surface area contributed by atoms with Crippen LogP contribution in [0.5, 0.6) is 0 Å². The van der Waals surface area contributed by atoms with Crippen molar-refractivity contribution in [3.05, 3.63) is 46.3 Å². The Morgan fingerprint density at radius 3 is 2.45 bits per heavy atom. The van der Waals surface area contributed by atoms with Crippen molar-refractivity contribution in [2.24, 2.45) is 0 Å². The maximum Gasteiger partial charge on any atom is 0.336 e. The van der Waals surface area contributed by atoms with Gasteiger partial charge in [0.15, 0.2) is 0 Å². The number of anilines is 1. The van der Waals surface area contributed by atoms with Gasteiger partial charge in [0.05, 0.1) is 5.56 Å². The van der Waals surface area contributed by atoms with Crippen LogP contribution in [0.1, 0.15) is 21.5 Å². The first-order valence-electron chi connectivity index (χ1n) is 5.71. The molecule has 0 amide bonds. The normalized spacial score (nSPS) is 11.3. The predicted octanol–water partition coefficient (Wildman–Crippen LogP) is 2.86. The molecule has 1 aromatic carbocycles. The van der Waals surface area contributed by atoms with Crippen LogP contribution >= 0.6 is 11.3 Å². The molecule has 2 N–H and O–H groups in total. The second kappa shape index (κ2) is 5.26. The molecule has 5 nitrogen and oxygen atoms in total. The number of hydrogen-bond acceptors (Lipinski definition) is 4. The van der Waals surface area contributed by atoms with E-state index < -0.39 is 16.0 Å². The summed E-state index contributed by atoms with van der Waals surface area (Å²) in [5.74, 6) is -1.14. The molecule has 0 aliphatic carbocycles. The number of thiophene rings is 1. The van der Waals surface area contributed by atoms with E-state index in [1.54, 1.807) is 12.1 Å².